The highest BCUT2D eigenvalue weighted by atomic mass is 32.2. The number of aromatic nitrogens is 1. The fourth-order valence-electron chi connectivity index (χ4n) is 3.10. The van der Waals surface area contributed by atoms with Crippen molar-refractivity contribution in [3.05, 3.63) is 89.9 Å². The summed E-state index contributed by atoms with van der Waals surface area (Å²) in [6.45, 7) is 0. The van der Waals surface area contributed by atoms with Crippen molar-refractivity contribution in [3.8, 4) is 21.7 Å². The fraction of sp³-hybridized carbons (Fsp3) is 0.0435. The van der Waals surface area contributed by atoms with Gasteiger partial charge in [0.2, 0.25) is 0 Å². The molecule has 1 heterocycles. The van der Waals surface area contributed by atoms with Crippen molar-refractivity contribution in [1.82, 2.24) is 4.98 Å². The highest BCUT2D eigenvalue weighted by Gasteiger charge is 2.17. The number of benzene rings is 3. The van der Waals surface area contributed by atoms with E-state index in [9.17, 15) is 13.2 Å². The molecule has 0 fully saturated rings. The summed E-state index contributed by atoms with van der Waals surface area (Å²) in [5.74, 6) is -0.315. The molecule has 5 nitrogen and oxygen atoms in total. The zero-order valence-electron chi connectivity index (χ0n) is 16.1. The Balaban J connectivity index is 1.72. The van der Waals surface area contributed by atoms with Crippen LogP contribution in [0.5, 0.6) is 0 Å². The number of thiazole rings is 1. The second-order valence-corrected chi connectivity index (χ2v) is 9.63. The molecular formula is C23H18N2O3S2. The van der Waals surface area contributed by atoms with Crippen LogP contribution in [0.25, 0.3) is 21.7 Å². The lowest BCUT2D eigenvalue weighted by atomic mass is 9.99. The van der Waals surface area contributed by atoms with Gasteiger partial charge < -0.3 is 5.32 Å². The maximum absolute atomic E-state index is 13.1. The first-order chi connectivity index (χ1) is 14.4. The molecule has 0 atom stereocenters. The fourth-order valence-corrected chi connectivity index (χ4v) is 4.39. The van der Waals surface area contributed by atoms with Crippen LogP contribution in [-0.4, -0.2) is 25.6 Å². The van der Waals surface area contributed by atoms with E-state index >= 15 is 0 Å². The molecule has 0 unspecified atom stereocenters. The number of nitrogens with one attached hydrogen (secondary N) is 1. The van der Waals surface area contributed by atoms with E-state index in [4.69, 9.17) is 0 Å². The van der Waals surface area contributed by atoms with Crippen LogP contribution in [0.3, 0.4) is 0 Å². The first kappa shape index (κ1) is 20.0. The zero-order chi connectivity index (χ0) is 21.1. The monoisotopic (exact) mass is 434 g/mol. The van der Waals surface area contributed by atoms with Gasteiger partial charge in [-0.1, -0.05) is 42.5 Å². The molecular weight excluding hydrogens is 416 g/mol. The second kappa shape index (κ2) is 8.22. The van der Waals surface area contributed by atoms with Gasteiger partial charge in [-0.05, 0) is 41.5 Å². The molecule has 0 saturated carbocycles. The van der Waals surface area contributed by atoms with E-state index < -0.39 is 9.84 Å². The average molecular weight is 435 g/mol. The summed E-state index contributed by atoms with van der Waals surface area (Å²) in [5.41, 5.74) is 3.28. The summed E-state index contributed by atoms with van der Waals surface area (Å²) in [6, 6.07) is 21.3. The van der Waals surface area contributed by atoms with Gasteiger partial charge in [-0.15, -0.1) is 11.3 Å². The van der Waals surface area contributed by atoms with E-state index in [1.807, 2.05) is 60.0 Å². The first-order valence-corrected chi connectivity index (χ1v) is 11.9. The van der Waals surface area contributed by atoms with Gasteiger partial charge in [0.15, 0.2) is 9.84 Å². The molecule has 0 bridgehead atoms. The van der Waals surface area contributed by atoms with E-state index in [1.54, 1.807) is 18.3 Å². The summed E-state index contributed by atoms with van der Waals surface area (Å²) in [7, 11) is -3.40. The lowest BCUT2D eigenvalue weighted by Crippen LogP contribution is -2.14. The molecule has 7 heteroatoms. The van der Waals surface area contributed by atoms with E-state index in [0.29, 0.717) is 16.8 Å². The summed E-state index contributed by atoms with van der Waals surface area (Å²) in [4.78, 5) is 17.6. The lowest BCUT2D eigenvalue weighted by molar-refractivity contribution is 0.102. The Hall–Kier alpha value is -3.29. The molecule has 30 heavy (non-hydrogen) atoms. The quantitative estimate of drug-likeness (QED) is 0.472. The molecule has 1 N–H and O–H groups in total. The smallest absolute Gasteiger partial charge is 0.256 e. The minimum absolute atomic E-state index is 0.170. The van der Waals surface area contributed by atoms with Gasteiger partial charge in [0, 0.05) is 34.6 Å². The standard InChI is InChI=1S/C23H18N2O3S2/c1-30(27,28)19-10-11-20(21(15-19)16-6-3-2-4-7-16)22(26)25-18-9-5-8-17(14-18)23-24-12-13-29-23/h2-15H,1H3,(H,25,26). The predicted molar refractivity (Wildman–Crippen MR) is 120 cm³/mol. The Kier molecular flexibility index (Phi) is 5.48. The number of hydrogen-bond acceptors (Lipinski definition) is 5. The number of hydrogen-bond donors (Lipinski definition) is 1. The van der Waals surface area contributed by atoms with Crippen molar-refractivity contribution in [2.75, 3.05) is 11.6 Å². The third-order valence-electron chi connectivity index (χ3n) is 4.55. The number of carbonyl (C=O) groups is 1. The summed E-state index contributed by atoms with van der Waals surface area (Å²) in [5, 5.41) is 5.69. The zero-order valence-corrected chi connectivity index (χ0v) is 17.7. The number of rotatable bonds is 5. The molecule has 4 rings (SSSR count). The third kappa shape index (κ3) is 4.32. The largest absolute Gasteiger partial charge is 0.322 e. The molecule has 3 aromatic carbocycles. The Morgan fingerprint density at radius 3 is 2.40 bits per heavy atom. The third-order valence-corrected chi connectivity index (χ3v) is 6.48. The molecule has 4 aromatic rings. The Labute approximate surface area is 179 Å². The number of anilines is 1. The van der Waals surface area contributed by atoms with Crippen molar-refractivity contribution in [2.24, 2.45) is 0 Å². The average Bonchev–Trinajstić information content (AvgIpc) is 3.28. The second-order valence-electron chi connectivity index (χ2n) is 6.72. The Morgan fingerprint density at radius 2 is 1.70 bits per heavy atom. The van der Waals surface area contributed by atoms with E-state index in [1.165, 1.54) is 17.4 Å². The minimum Gasteiger partial charge on any atom is -0.322 e. The number of sulfone groups is 1. The van der Waals surface area contributed by atoms with Gasteiger partial charge in [-0.25, -0.2) is 13.4 Å². The molecule has 0 aliphatic heterocycles. The van der Waals surface area contributed by atoms with Gasteiger partial charge in [0.1, 0.15) is 5.01 Å². The van der Waals surface area contributed by atoms with Gasteiger partial charge in [0.05, 0.1) is 4.90 Å². The first-order valence-electron chi connectivity index (χ1n) is 9.12. The van der Waals surface area contributed by atoms with Gasteiger partial charge in [-0.3, -0.25) is 4.79 Å². The van der Waals surface area contributed by atoms with Crippen LogP contribution in [-0.2, 0) is 9.84 Å². The van der Waals surface area contributed by atoms with Crippen LogP contribution in [0.4, 0.5) is 5.69 Å². The Morgan fingerprint density at radius 1 is 0.933 bits per heavy atom. The normalized spacial score (nSPS) is 11.2. The van der Waals surface area contributed by atoms with Crippen LogP contribution in [0, 0.1) is 0 Å². The maximum atomic E-state index is 13.1. The Bertz CT molecular complexity index is 1300. The lowest BCUT2D eigenvalue weighted by Gasteiger charge is -2.13. The number of nitrogens with zero attached hydrogens (tertiary/aromatic N) is 1. The van der Waals surface area contributed by atoms with Crippen LogP contribution in [0.15, 0.2) is 89.3 Å². The van der Waals surface area contributed by atoms with Crippen LogP contribution >= 0.6 is 11.3 Å². The highest BCUT2D eigenvalue weighted by molar-refractivity contribution is 7.90. The van der Waals surface area contributed by atoms with Crippen LogP contribution < -0.4 is 5.32 Å². The van der Waals surface area contributed by atoms with Gasteiger partial charge in [0.25, 0.3) is 5.91 Å². The van der Waals surface area contributed by atoms with Crippen molar-refractivity contribution in [2.45, 2.75) is 4.90 Å². The topological polar surface area (TPSA) is 76.1 Å². The maximum Gasteiger partial charge on any atom is 0.256 e. The van der Waals surface area contributed by atoms with E-state index in [0.717, 1.165) is 22.4 Å². The van der Waals surface area contributed by atoms with Crippen LogP contribution in [0.1, 0.15) is 10.4 Å². The SMILES string of the molecule is CS(=O)(=O)c1ccc(C(=O)Nc2cccc(-c3nccs3)c2)c(-c2ccccc2)c1. The predicted octanol–water partition coefficient (Wildman–Crippen LogP) is 5.13. The van der Waals surface area contributed by atoms with Crippen molar-refractivity contribution in [3.63, 3.8) is 0 Å². The summed E-state index contributed by atoms with van der Waals surface area (Å²) < 4.78 is 24.1. The molecule has 0 radical (unpaired) electrons. The molecule has 0 aliphatic rings. The van der Waals surface area contributed by atoms with E-state index in [-0.39, 0.29) is 10.8 Å². The molecule has 150 valence electrons. The molecule has 0 spiro atoms. The van der Waals surface area contributed by atoms with Crippen molar-refractivity contribution in [1.29, 1.82) is 0 Å². The molecule has 0 saturated heterocycles. The number of amides is 1. The summed E-state index contributed by atoms with van der Waals surface area (Å²) in [6.07, 6.45) is 2.89. The van der Waals surface area contributed by atoms with Crippen LogP contribution in [0.2, 0.25) is 0 Å². The number of carbonyl (C=O) groups excluding carboxylic acids is 1. The molecule has 0 aliphatic carbocycles. The molecule has 1 aromatic heterocycles. The van der Waals surface area contributed by atoms with Crippen molar-refractivity contribution < 1.29 is 13.2 Å². The minimum atomic E-state index is -3.40. The highest BCUT2D eigenvalue weighted by Crippen LogP contribution is 2.29. The van der Waals surface area contributed by atoms with Gasteiger partial charge in [-0.2, -0.15) is 0 Å². The molecule has 1 amide bonds. The summed E-state index contributed by atoms with van der Waals surface area (Å²) >= 11 is 1.52. The van der Waals surface area contributed by atoms with Crippen molar-refractivity contribution >= 4 is 32.8 Å². The van der Waals surface area contributed by atoms with E-state index in [2.05, 4.69) is 10.3 Å². The van der Waals surface area contributed by atoms with Gasteiger partial charge >= 0.3 is 0 Å².